The Kier molecular flexibility index (Phi) is 4.88. The summed E-state index contributed by atoms with van der Waals surface area (Å²) in [5.74, 6) is -4.56. The third-order valence-corrected chi connectivity index (χ3v) is 2.62. The second kappa shape index (κ2) is 6.18. The van der Waals surface area contributed by atoms with Gasteiger partial charge in [0.15, 0.2) is 0 Å². The predicted molar refractivity (Wildman–Crippen MR) is 62.0 cm³/mol. The highest BCUT2D eigenvalue weighted by Gasteiger charge is 2.45. The fraction of sp³-hybridized carbons (Fsp3) is 0.583. The van der Waals surface area contributed by atoms with Crippen molar-refractivity contribution in [3.63, 3.8) is 0 Å². The SMILES string of the molecule is CCCCCCC1(C(N)=O)OC(=O)C=CC(=O)O1. The van der Waals surface area contributed by atoms with Crippen LogP contribution < -0.4 is 5.73 Å². The molecule has 1 aliphatic heterocycles. The summed E-state index contributed by atoms with van der Waals surface area (Å²) >= 11 is 0. The van der Waals surface area contributed by atoms with Crippen LogP contribution in [0.25, 0.3) is 0 Å². The van der Waals surface area contributed by atoms with Gasteiger partial charge in [-0.25, -0.2) is 9.59 Å². The van der Waals surface area contributed by atoms with Crippen LogP contribution in [-0.4, -0.2) is 23.6 Å². The molecule has 0 radical (unpaired) electrons. The third-order valence-electron chi connectivity index (χ3n) is 2.62. The Hall–Kier alpha value is -1.85. The average molecular weight is 255 g/mol. The van der Waals surface area contributed by atoms with Crippen LogP contribution in [0.1, 0.15) is 39.0 Å². The molecule has 0 aromatic carbocycles. The highest BCUT2D eigenvalue weighted by Crippen LogP contribution is 2.24. The molecular formula is C12H17NO5. The first-order valence-electron chi connectivity index (χ1n) is 5.94. The van der Waals surface area contributed by atoms with Gasteiger partial charge in [0.25, 0.3) is 0 Å². The number of ether oxygens (including phenoxy) is 2. The van der Waals surface area contributed by atoms with Crippen LogP contribution in [0.2, 0.25) is 0 Å². The van der Waals surface area contributed by atoms with E-state index in [2.05, 4.69) is 0 Å². The molecule has 0 fully saturated rings. The number of hydrogen-bond acceptors (Lipinski definition) is 5. The summed E-state index contributed by atoms with van der Waals surface area (Å²) in [6.07, 6.45) is 5.34. The van der Waals surface area contributed by atoms with Gasteiger partial charge in [0.1, 0.15) is 0 Å². The van der Waals surface area contributed by atoms with E-state index < -0.39 is 23.6 Å². The third kappa shape index (κ3) is 3.58. The fourth-order valence-corrected chi connectivity index (χ4v) is 1.66. The molecule has 6 heteroatoms. The van der Waals surface area contributed by atoms with E-state index in [1.165, 1.54) is 0 Å². The van der Waals surface area contributed by atoms with Gasteiger partial charge in [0.2, 0.25) is 0 Å². The van der Waals surface area contributed by atoms with Gasteiger partial charge in [-0.2, -0.15) is 0 Å². The fourth-order valence-electron chi connectivity index (χ4n) is 1.66. The van der Waals surface area contributed by atoms with E-state index in [0.717, 1.165) is 31.4 Å². The van der Waals surface area contributed by atoms with E-state index >= 15 is 0 Å². The molecule has 6 nitrogen and oxygen atoms in total. The smallest absolute Gasteiger partial charge is 0.336 e. The lowest BCUT2D eigenvalue weighted by Gasteiger charge is -2.27. The Morgan fingerprint density at radius 2 is 1.72 bits per heavy atom. The molecule has 1 rings (SSSR count). The van der Waals surface area contributed by atoms with E-state index in [9.17, 15) is 14.4 Å². The van der Waals surface area contributed by atoms with Crippen LogP contribution in [0.4, 0.5) is 0 Å². The summed E-state index contributed by atoms with van der Waals surface area (Å²) in [6, 6.07) is 0. The van der Waals surface area contributed by atoms with Crippen molar-refractivity contribution < 1.29 is 23.9 Å². The average Bonchev–Trinajstić information content (AvgIpc) is 2.45. The summed E-state index contributed by atoms with van der Waals surface area (Å²) < 4.78 is 9.74. The minimum Gasteiger partial charge on any atom is -0.410 e. The summed E-state index contributed by atoms with van der Waals surface area (Å²) in [6.45, 7) is 2.04. The lowest BCUT2D eigenvalue weighted by molar-refractivity contribution is -0.220. The van der Waals surface area contributed by atoms with E-state index in [1.54, 1.807) is 0 Å². The molecule has 0 atom stereocenters. The molecule has 0 spiro atoms. The number of carbonyl (C=O) groups is 3. The largest absolute Gasteiger partial charge is 0.410 e. The maximum Gasteiger partial charge on any atom is 0.336 e. The van der Waals surface area contributed by atoms with Crippen LogP contribution in [0.15, 0.2) is 12.2 Å². The Bertz CT molecular complexity index is 355. The van der Waals surface area contributed by atoms with Crippen LogP contribution in [0.5, 0.6) is 0 Å². The predicted octanol–water partition coefficient (Wildman–Crippen LogP) is 0.795. The number of unbranched alkanes of at least 4 members (excludes halogenated alkanes) is 3. The van der Waals surface area contributed by atoms with Crippen molar-refractivity contribution in [3.05, 3.63) is 12.2 Å². The number of hydrogen-bond donors (Lipinski definition) is 1. The minimum absolute atomic E-state index is 0.0848. The Balaban J connectivity index is 2.76. The highest BCUT2D eigenvalue weighted by molar-refractivity contribution is 5.97. The van der Waals surface area contributed by atoms with Gasteiger partial charge >= 0.3 is 23.6 Å². The van der Waals surface area contributed by atoms with Gasteiger partial charge < -0.3 is 15.2 Å². The summed E-state index contributed by atoms with van der Waals surface area (Å²) in [4.78, 5) is 34.0. The van der Waals surface area contributed by atoms with Crippen molar-refractivity contribution in [2.75, 3.05) is 0 Å². The maximum atomic E-state index is 11.4. The molecule has 1 aliphatic rings. The first kappa shape index (κ1) is 14.2. The van der Waals surface area contributed by atoms with Crippen LogP contribution in [0, 0.1) is 0 Å². The second-order valence-corrected chi connectivity index (χ2v) is 4.10. The summed E-state index contributed by atoms with van der Waals surface area (Å²) in [5.41, 5.74) is 5.19. The van der Waals surface area contributed by atoms with Crippen molar-refractivity contribution in [1.29, 1.82) is 0 Å². The molecule has 0 saturated carbocycles. The van der Waals surface area contributed by atoms with Crippen LogP contribution in [0.3, 0.4) is 0 Å². The van der Waals surface area contributed by atoms with Crippen molar-refractivity contribution in [1.82, 2.24) is 0 Å². The van der Waals surface area contributed by atoms with Gasteiger partial charge in [-0.3, -0.25) is 4.79 Å². The summed E-state index contributed by atoms with van der Waals surface area (Å²) in [7, 11) is 0. The van der Waals surface area contributed by atoms with Gasteiger partial charge in [-0.1, -0.05) is 26.2 Å². The van der Waals surface area contributed by atoms with Crippen LogP contribution >= 0.6 is 0 Å². The van der Waals surface area contributed by atoms with E-state index in [0.29, 0.717) is 6.42 Å². The molecule has 1 amide bonds. The molecule has 0 aromatic rings. The normalized spacial score (nSPS) is 17.8. The van der Waals surface area contributed by atoms with E-state index in [-0.39, 0.29) is 6.42 Å². The molecular weight excluding hydrogens is 238 g/mol. The standard InChI is InChI=1S/C12H17NO5/c1-2-3-4-5-8-12(11(13)16)17-9(14)6-7-10(15)18-12/h6-7H,2-5,8H2,1H3,(H2,13,16). The maximum absolute atomic E-state index is 11.4. The van der Waals surface area contributed by atoms with Crippen molar-refractivity contribution in [2.24, 2.45) is 5.73 Å². The van der Waals surface area contributed by atoms with E-state index in [4.69, 9.17) is 15.2 Å². The van der Waals surface area contributed by atoms with E-state index in [1.807, 2.05) is 6.92 Å². The van der Waals surface area contributed by atoms with Crippen molar-refractivity contribution >= 4 is 17.8 Å². The number of primary amides is 1. The van der Waals surface area contributed by atoms with Crippen LogP contribution in [-0.2, 0) is 23.9 Å². The number of carbonyl (C=O) groups excluding carboxylic acids is 3. The molecule has 2 N–H and O–H groups in total. The highest BCUT2D eigenvalue weighted by atomic mass is 16.7. The van der Waals surface area contributed by atoms with Gasteiger partial charge in [0, 0.05) is 18.6 Å². The molecule has 0 aromatic heterocycles. The second-order valence-electron chi connectivity index (χ2n) is 4.10. The van der Waals surface area contributed by atoms with Crippen molar-refractivity contribution in [2.45, 2.75) is 44.8 Å². The number of esters is 2. The number of amides is 1. The molecule has 0 bridgehead atoms. The molecule has 100 valence electrons. The monoisotopic (exact) mass is 255 g/mol. The Morgan fingerprint density at radius 1 is 1.17 bits per heavy atom. The number of rotatable bonds is 6. The van der Waals surface area contributed by atoms with Gasteiger partial charge in [0.05, 0.1) is 0 Å². The zero-order chi connectivity index (χ0) is 13.6. The topological polar surface area (TPSA) is 95.7 Å². The zero-order valence-corrected chi connectivity index (χ0v) is 10.3. The molecule has 1 heterocycles. The van der Waals surface area contributed by atoms with Gasteiger partial charge in [-0.05, 0) is 6.42 Å². The quantitative estimate of drug-likeness (QED) is 0.559. The molecule has 0 unspecified atom stereocenters. The van der Waals surface area contributed by atoms with Gasteiger partial charge in [-0.15, -0.1) is 0 Å². The van der Waals surface area contributed by atoms with Crippen molar-refractivity contribution in [3.8, 4) is 0 Å². The molecule has 0 aliphatic carbocycles. The number of cyclic esters (lactones) is 2. The zero-order valence-electron chi connectivity index (χ0n) is 10.3. The molecule has 0 saturated heterocycles. The Labute approximate surface area is 105 Å². The Morgan fingerprint density at radius 3 is 2.17 bits per heavy atom. The lowest BCUT2D eigenvalue weighted by atomic mass is 10.1. The molecule has 18 heavy (non-hydrogen) atoms. The summed E-state index contributed by atoms with van der Waals surface area (Å²) in [5, 5.41) is 0. The first-order valence-corrected chi connectivity index (χ1v) is 5.94. The first-order chi connectivity index (χ1) is 8.50. The lowest BCUT2D eigenvalue weighted by Crippen LogP contribution is -2.50. The number of nitrogens with two attached hydrogens (primary N) is 1. The minimum atomic E-state index is -1.97.